The van der Waals surface area contributed by atoms with Crippen LogP contribution in [0.3, 0.4) is 0 Å². The SMILES string of the molecule is O=C(NC1CCS(=O)(=O)c2ccccc21)c1ccccc1Nc1ccc(SC(F)F)cc1. The van der Waals surface area contributed by atoms with Crippen molar-refractivity contribution in [3.63, 3.8) is 0 Å². The van der Waals surface area contributed by atoms with Crippen LogP contribution in [0.15, 0.2) is 82.6 Å². The third-order valence-corrected chi connectivity index (χ3v) is 7.68. The number of fused-ring (bicyclic) bond motifs is 1. The number of carbonyl (C=O) groups excluding carboxylic acids is 1. The van der Waals surface area contributed by atoms with Gasteiger partial charge in [-0.1, -0.05) is 42.1 Å². The zero-order valence-electron chi connectivity index (χ0n) is 16.8. The average molecular weight is 475 g/mol. The van der Waals surface area contributed by atoms with E-state index in [1.807, 2.05) is 0 Å². The average Bonchev–Trinajstić information content (AvgIpc) is 2.77. The van der Waals surface area contributed by atoms with Gasteiger partial charge < -0.3 is 10.6 Å². The molecule has 1 amide bonds. The summed E-state index contributed by atoms with van der Waals surface area (Å²) in [4.78, 5) is 13.8. The summed E-state index contributed by atoms with van der Waals surface area (Å²) in [6, 6.07) is 19.7. The molecule has 1 atom stereocenters. The number of amides is 1. The Kier molecular flexibility index (Phi) is 6.48. The van der Waals surface area contributed by atoms with Crippen LogP contribution in [0.5, 0.6) is 0 Å². The summed E-state index contributed by atoms with van der Waals surface area (Å²) >= 11 is 0.467. The first-order valence-electron chi connectivity index (χ1n) is 9.87. The van der Waals surface area contributed by atoms with Crippen molar-refractivity contribution in [2.45, 2.75) is 28.0 Å². The maximum absolute atomic E-state index is 13.1. The molecule has 0 aliphatic carbocycles. The molecule has 1 unspecified atom stereocenters. The van der Waals surface area contributed by atoms with Gasteiger partial charge in [-0.25, -0.2) is 8.42 Å². The van der Waals surface area contributed by atoms with Crippen LogP contribution in [0.2, 0.25) is 0 Å². The van der Waals surface area contributed by atoms with Gasteiger partial charge in [0.15, 0.2) is 9.84 Å². The van der Waals surface area contributed by atoms with Crippen molar-refractivity contribution in [2.75, 3.05) is 11.1 Å². The van der Waals surface area contributed by atoms with Gasteiger partial charge in [0.25, 0.3) is 11.7 Å². The van der Waals surface area contributed by atoms with Gasteiger partial charge in [0.2, 0.25) is 0 Å². The van der Waals surface area contributed by atoms with E-state index in [0.717, 1.165) is 0 Å². The highest BCUT2D eigenvalue weighted by Crippen LogP contribution is 2.33. The molecule has 2 N–H and O–H groups in total. The van der Waals surface area contributed by atoms with E-state index in [2.05, 4.69) is 10.6 Å². The molecule has 4 rings (SSSR count). The normalized spacial score (nSPS) is 16.9. The number of halogens is 2. The van der Waals surface area contributed by atoms with Crippen LogP contribution >= 0.6 is 11.8 Å². The van der Waals surface area contributed by atoms with Crippen LogP contribution in [-0.4, -0.2) is 25.8 Å². The van der Waals surface area contributed by atoms with E-state index < -0.39 is 21.6 Å². The van der Waals surface area contributed by atoms with Crippen LogP contribution in [0, 0.1) is 0 Å². The monoisotopic (exact) mass is 474 g/mol. The van der Waals surface area contributed by atoms with Crippen LogP contribution < -0.4 is 10.6 Å². The maximum atomic E-state index is 13.1. The maximum Gasteiger partial charge on any atom is 0.288 e. The lowest BCUT2D eigenvalue weighted by atomic mass is 10.0. The Morgan fingerprint density at radius 3 is 2.41 bits per heavy atom. The number of benzene rings is 3. The lowest BCUT2D eigenvalue weighted by Crippen LogP contribution is -2.34. The van der Waals surface area contributed by atoms with Crippen molar-refractivity contribution in [2.24, 2.45) is 0 Å². The molecule has 1 aliphatic rings. The van der Waals surface area contributed by atoms with E-state index in [4.69, 9.17) is 0 Å². The summed E-state index contributed by atoms with van der Waals surface area (Å²) in [7, 11) is -3.35. The first kappa shape index (κ1) is 22.3. The first-order chi connectivity index (χ1) is 15.3. The predicted octanol–water partition coefficient (Wildman–Crippen LogP) is 5.39. The summed E-state index contributed by atoms with van der Waals surface area (Å²) in [5.41, 5.74) is 2.18. The number of hydrogen-bond donors (Lipinski definition) is 2. The molecule has 0 saturated carbocycles. The van der Waals surface area contributed by atoms with E-state index in [1.165, 1.54) is 0 Å². The van der Waals surface area contributed by atoms with Crippen molar-refractivity contribution in [3.05, 3.63) is 83.9 Å². The number of carbonyl (C=O) groups is 1. The zero-order valence-corrected chi connectivity index (χ0v) is 18.4. The molecule has 5 nitrogen and oxygen atoms in total. The van der Waals surface area contributed by atoms with Crippen molar-refractivity contribution in [3.8, 4) is 0 Å². The number of thioether (sulfide) groups is 1. The Balaban J connectivity index is 1.53. The fraction of sp³-hybridized carbons (Fsp3) is 0.174. The van der Waals surface area contributed by atoms with Gasteiger partial charge in [0, 0.05) is 10.6 Å². The number of hydrogen-bond acceptors (Lipinski definition) is 5. The molecule has 1 heterocycles. The number of sulfone groups is 1. The molecular formula is C23H20F2N2O3S2. The van der Waals surface area contributed by atoms with E-state index in [1.54, 1.807) is 72.8 Å². The van der Waals surface area contributed by atoms with E-state index >= 15 is 0 Å². The molecular weight excluding hydrogens is 454 g/mol. The quantitative estimate of drug-likeness (QED) is 0.469. The molecule has 0 bridgehead atoms. The summed E-state index contributed by atoms with van der Waals surface area (Å²) in [5.74, 6) is -2.85. The molecule has 166 valence electrons. The van der Waals surface area contributed by atoms with E-state index in [9.17, 15) is 22.0 Å². The molecule has 32 heavy (non-hydrogen) atoms. The number of para-hydroxylation sites is 1. The van der Waals surface area contributed by atoms with Crippen LogP contribution in [0.4, 0.5) is 20.2 Å². The molecule has 9 heteroatoms. The molecule has 0 aromatic heterocycles. The fourth-order valence-electron chi connectivity index (χ4n) is 3.64. The van der Waals surface area contributed by atoms with Gasteiger partial charge in [0.1, 0.15) is 0 Å². The highest BCUT2D eigenvalue weighted by molar-refractivity contribution is 7.99. The second kappa shape index (κ2) is 9.30. The zero-order chi connectivity index (χ0) is 22.7. The predicted molar refractivity (Wildman–Crippen MR) is 121 cm³/mol. The number of alkyl halides is 2. The second-order valence-electron chi connectivity index (χ2n) is 7.24. The highest BCUT2D eigenvalue weighted by atomic mass is 32.2. The number of anilines is 2. The van der Waals surface area contributed by atoms with Crippen molar-refractivity contribution < 1.29 is 22.0 Å². The lowest BCUT2D eigenvalue weighted by Gasteiger charge is -2.26. The molecule has 0 saturated heterocycles. The summed E-state index contributed by atoms with van der Waals surface area (Å²) in [5, 5.41) is 6.11. The standard InChI is InChI=1S/C23H20F2N2O3S2/c24-23(25)31-16-11-9-15(10-12-16)26-19-7-3-1-6-18(19)22(28)27-20-13-14-32(29,30)21-8-4-2-5-17(20)21/h1-12,20,23,26H,13-14H2,(H,27,28). The number of rotatable bonds is 6. The minimum Gasteiger partial charge on any atom is -0.355 e. The smallest absolute Gasteiger partial charge is 0.288 e. The van der Waals surface area contributed by atoms with Gasteiger partial charge in [-0.15, -0.1) is 0 Å². The van der Waals surface area contributed by atoms with Gasteiger partial charge in [-0.2, -0.15) is 8.78 Å². The van der Waals surface area contributed by atoms with Crippen LogP contribution in [0.25, 0.3) is 0 Å². The van der Waals surface area contributed by atoms with Gasteiger partial charge in [-0.3, -0.25) is 4.79 Å². The van der Waals surface area contributed by atoms with Crippen molar-refractivity contribution >= 4 is 38.9 Å². The topological polar surface area (TPSA) is 75.3 Å². The number of nitrogens with one attached hydrogen (secondary N) is 2. The Morgan fingerprint density at radius 2 is 1.66 bits per heavy atom. The van der Waals surface area contributed by atoms with Crippen LogP contribution in [-0.2, 0) is 9.84 Å². The summed E-state index contributed by atoms with van der Waals surface area (Å²) in [6.07, 6.45) is 0.296. The highest BCUT2D eigenvalue weighted by Gasteiger charge is 2.31. The molecule has 0 radical (unpaired) electrons. The van der Waals surface area contributed by atoms with Crippen LogP contribution in [0.1, 0.15) is 28.4 Å². The minimum absolute atomic E-state index is 0.0299. The Labute approximate surface area is 189 Å². The lowest BCUT2D eigenvalue weighted by molar-refractivity contribution is 0.0935. The Bertz CT molecular complexity index is 1230. The first-order valence-corrected chi connectivity index (χ1v) is 12.4. The molecule has 0 spiro atoms. The van der Waals surface area contributed by atoms with Gasteiger partial charge >= 0.3 is 0 Å². The third-order valence-electron chi connectivity index (χ3n) is 5.14. The molecule has 3 aromatic carbocycles. The largest absolute Gasteiger partial charge is 0.355 e. The second-order valence-corrected chi connectivity index (χ2v) is 10.4. The molecule has 0 fully saturated rings. The van der Waals surface area contributed by atoms with E-state index in [0.29, 0.717) is 45.6 Å². The van der Waals surface area contributed by atoms with E-state index in [-0.39, 0.29) is 16.6 Å². The van der Waals surface area contributed by atoms with Crippen molar-refractivity contribution in [1.82, 2.24) is 5.32 Å². The molecule has 1 aliphatic heterocycles. The minimum atomic E-state index is -3.35. The van der Waals surface area contributed by atoms with Gasteiger partial charge in [0.05, 0.1) is 27.9 Å². The Morgan fingerprint density at radius 1 is 0.969 bits per heavy atom. The third kappa shape index (κ3) is 4.94. The fourth-order valence-corrected chi connectivity index (χ4v) is 5.76. The summed E-state index contributed by atoms with van der Waals surface area (Å²) < 4.78 is 49.7. The van der Waals surface area contributed by atoms with Gasteiger partial charge in [-0.05, 0) is 54.4 Å². The Hall–Kier alpha value is -2.91. The molecule has 3 aromatic rings. The summed E-state index contributed by atoms with van der Waals surface area (Å²) in [6.45, 7) is 0. The van der Waals surface area contributed by atoms with Crippen molar-refractivity contribution in [1.29, 1.82) is 0 Å².